The van der Waals surface area contributed by atoms with Gasteiger partial charge in [0.25, 0.3) is 5.69 Å². The average molecular weight is 328 g/mol. The van der Waals surface area contributed by atoms with Crippen LogP contribution < -0.4 is 0 Å². The Morgan fingerprint density at radius 1 is 1.18 bits per heavy atom. The molecule has 9 heteroatoms. The first-order chi connectivity index (χ1) is 10.4. The summed E-state index contributed by atoms with van der Waals surface area (Å²) in [7, 11) is -3.75. The van der Waals surface area contributed by atoms with Crippen LogP contribution in [-0.4, -0.2) is 49.7 Å². The second-order valence-electron chi connectivity index (χ2n) is 5.27. The van der Waals surface area contributed by atoms with E-state index >= 15 is 0 Å². The van der Waals surface area contributed by atoms with Crippen LogP contribution in [0, 0.1) is 10.1 Å². The molecule has 3 rings (SSSR count). The van der Waals surface area contributed by atoms with Crippen LogP contribution in [-0.2, 0) is 19.5 Å². The van der Waals surface area contributed by atoms with E-state index in [9.17, 15) is 18.5 Å². The molecule has 2 heterocycles. The molecule has 0 unspecified atom stereocenters. The smallest absolute Gasteiger partial charge is 0.270 e. The lowest BCUT2D eigenvalue weighted by Gasteiger charge is -2.36. The molecule has 0 aromatic heterocycles. The number of sulfonamides is 1. The summed E-state index contributed by atoms with van der Waals surface area (Å²) >= 11 is 0. The van der Waals surface area contributed by atoms with Crippen LogP contribution in [0.5, 0.6) is 0 Å². The van der Waals surface area contributed by atoms with Gasteiger partial charge in [-0.1, -0.05) is 6.07 Å². The first-order valence-electron chi connectivity index (χ1n) is 6.96. The second-order valence-corrected chi connectivity index (χ2v) is 7.20. The van der Waals surface area contributed by atoms with E-state index in [-0.39, 0.29) is 23.7 Å². The Hall–Kier alpha value is -1.55. The van der Waals surface area contributed by atoms with Crippen LogP contribution in [0.25, 0.3) is 0 Å². The van der Waals surface area contributed by atoms with E-state index in [4.69, 9.17) is 9.47 Å². The molecular formula is C13H16N2O6S. The molecule has 0 saturated carbocycles. The summed E-state index contributed by atoms with van der Waals surface area (Å²) in [5.41, 5.74) is -0.239. The highest BCUT2D eigenvalue weighted by Crippen LogP contribution is 2.33. The summed E-state index contributed by atoms with van der Waals surface area (Å²) < 4.78 is 37.6. The maximum absolute atomic E-state index is 12.6. The molecule has 1 spiro atoms. The van der Waals surface area contributed by atoms with Crippen LogP contribution in [0.15, 0.2) is 29.2 Å². The second kappa shape index (κ2) is 5.58. The zero-order chi connectivity index (χ0) is 15.8. The van der Waals surface area contributed by atoms with E-state index in [1.54, 1.807) is 0 Å². The third-order valence-corrected chi connectivity index (χ3v) is 5.86. The number of hydrogen-bond acceptors (Lipinski definition) is 6. The van der Waals surface area contributed by atoms with Crippen LogP contribution in [0.1, 0.15) is 12.8 Å². The fourth-order valence-electron chi connectivity index (χ4n) is 2.76. The Morgan fingerprint density at radius 2 is 1.82 bits per heavy atom. The molecule has 8 nitrogen and oxygen atoms in total. The molecule has 2 aliphatic rings. The summed E-state index contributed by atoms with van der Waals surface area (Å²) in [6.45, 7) is 1.59. The van der Waals surface area contributed by atoms with Crippen LogP contribution >= 0.6 is 0 Å². The molecule has 120 valence electrons. The zero-order valence-electron chi connectivity index (χ0n) is 11.8. The number of benzene rings is 1. The van der Waals surface area contributed by atoms with E-state index in [0.717, 1.165) is 6.07 Å². The Labute approximate surface area is 127 Å². The van der Waals surface area contributed by atoms with Crippen molar-refractivity contribution in [1.82, 2.24) is 4.31 Å². The average Bonchev–Trinajstić information content (AvgIpc) is 2.96. The topological polar surface area (TPSA) is 99.0 Å². The van der Waals surface area contributed by atoms with Gasteiger partial charge >= 0.3 is 0 Å². The summed E-state index contributed by atoms with van der Waals surface area (Å²) in [6.07, 6.45) is 0.919. The van der Waals surface area contributed by atoms with E-state index in [1.807, 2.05) is 0 Å². The van der Waals surface area contributed by atoms with Crippen molar-refractivity contribution < 1.29 is 22.8 Å². The van der Waals surface area contributed by atoms with E-state index in [2.05, 4.69) is 0 Å². The minimum absolute atomic E-state index is 0.0640. The largest absolute Gasteiger partial charge is 0.347 e. The van der Waals surface area contributed by atoms with Crippen LogP contribution in [0.4, 0.5) is 5.69 Å². The Balaban J connectivity index is 1.79. The molecule has 0 aliphatic carbocycles. The van der Waals surface area contributed by atoms with Gasteiger partial charge in [-0.25, -0.2) is 8.42 Å². The Kier molecular flexibility index (Phi) is 3.89. The van der Waals surface area contributed by atoms with E-state index in [0.29, 0.717) is 26.1 Å². The number of nitro benzene ring substituents is 1. The van der Waals surface area contributed by atoms with Crippen molar-refractivity contribution in [1.29, 1.82) is 0 Å². The highest BCUT2D eigenvalue weighted by atomic mass is 32.2. The molecule has 0 radical (unpaired) electrons. The van der Waals surface area contributed by atoms with Gasteiger partial charge in [-0.3, -0.25) is 10.1 Å². The fourth-order valence-corrected chi connectivity index (χ4v) is 4.24. The maximum Gasteiger partial charge on any atom is 0.270 e. The number of nitrogens with zero attached hydrogens (tertiary/aromatic N) is 2. The van der Waals surface area contributed by atoms with Gasteiger partial charge in [0.2, 0.25) is 10.0 Å². The lowest BCUT2D eigenvalue weighted by Crippen LogP contribution is -2.47. The lowest BCUT2D eigenvalue weighted by atomic mass is 10.1. The highest BCUT2D eigenvalue weighted by molar-refractivity contribution is 7.89. The van der Waals surface area contributed by atoms with Gasteiger partial charge in [-0.15, -0.1) is 0 Å². The van der Waals surface area contributed by atoms with Crippen molar-refractivity contribution in [3.8, 4) is 0 Å². The van der Waals surface area contributed by atoms with Gasteiger partial charge in [-0.2, -0.15) is 4.31 Å². The van der Waals surface area contributed by atoms with Gasteiger partial charge < -0.3 is 9.47 Å². The SMILES string of the molecule is O=[N+]([O-])c1cccc(S(=O)(=O)N2CCC3(CC2)OCCO3)c1. The number of rotatable bonds is 3. The zero-order valence-corrected chi connectivity index (χ0v) is 12.6. The molecule has 0 amide bonds. The maximum atomic E-state index is 12.6. The molecule has 0 atom stereocenters. The molecule has 1 aromatic rings. The Morgan fingerprint density at radius 3 is 2.41 bits per heavy atom. The van der Waals surface area contributed by atoms with Gasteiger partial charge in [0.05, 0.1) is 23.0 Å². The normalized spacial score (nSPS) is 22.0. The molecule has 2 aliphatic heterocycles. The third-order valence-electron chi connectivity index (χ3n) is 3.96. The van der Waals surface area contributed by atoms with Crippen LogP contribution in [0.3, 0.4) is 0 Å². The van der Waals surface area contributed by atoms with Crippen molar-refractivity contribution in [2.75, 3.05) is 26.3 Å². The number of hydrogen-bond donors (Lipinski definition) is 0. The molecular weight excluding hydrogens is 312 g/mol. The number of nitro groups is 1. The standard InChI is InChI=1S/C13H16N2O6S/c16-15(17)11-2-1-3-12(10-11)22(18,19)14-6-4-13(5-7-14)20-8-9-21-13/h1-3,10H,4-9H2. The summed E-state index contributed by atoms with van der Waals surface area (Å²) in [5.74, 6) is -0.658. The minimum Gasteiger partial charge on any atom is -0.347 e. The predicted molar refractivity (Wildman–Crippen MR) is 75.7 cm³/mol. The molecule has 22 heavy (non-hydrogen) atoms. The number of ether oxygens (including phenoxy) is 2. The fraction of sp³-hybridized carbons (Fsp3) is 0.538. The van der Waals surface area contributed by atoms with Gasteiger partial charge in [0.15, 0.2) is 5.79 Å². The first-order valence-corrected chi connectivity index (χ1v) is 8.40. The molecule has 2 fully saturated rings. The van der Waals surface area contributed by atoms with Crippen molar-refractivity contribution >= 4 is 15.7 Å². The summed E-state index contributed by atoms with van der Waals surface area (Å²) in [6, 6.07) is 5.10. The molecule has 1 aromatic carbocycles. The monoisotopic (exact) mass is 328 g/mol. The van der Waals surface area contributed by atoms with Crippen molar-refractivity contribution in [2.45, 2.75) is 23.5 Å². The van der Waals surface area contributed by atoms with Gasteiger partial charge in [0.1, 0.15) is 0 Å². The quantitative estimate of drug-likeness (QED) is 0.609. The third kappa shape index (κ3) is 2.72. The first kappa shape index (κ1) is 15.3. The van der Waals surface area contributed by atoms with Crippen LogP contribution in [0.2, 0.25) is 0 Å². The summed E-state index contributed by atoms with van der Waals surface area (Å²) in [4.78, 5) is 10.1. The molecule has 0 N–H and O–H groups in total. The van der Waals surface area contributed by atoms with Gasteiger partial charge in [-0.05, 0) is 6.07 Å². The minimum atomic E-state index is -3.75. The Bertz CT molecular complexity index is 674. The van der Waals surface area contributed by atoms with E-state index < -0.39 is 20.7 Å². The summed E-state index contributed by atoms with van der Waals surface area (Å²) in [5, 5.41) is 10.8. The van der Waals surface area contributed by atoms with Crippen molar-refractivity contribution in [2.24, 2.45) is 0 Å². The van der Waals surface area contributed by atoms with Crippen molar-refractivity contribution in [3.63, 3.8) is 0 Å². The predicted octanol–water partition coefficient (Wildman–Crippen LogP) is 1.12. The lowest BCUT2D eigenvalue weighted by molar-refractivity contribution is -0.385. The number of non-ortho nitro benzene ring substituents is 1. The highest BCUT2D eigenvalue weighted by Gasteiger charge is 2.42. The van der Waals surface area contributed by atoms with Gasteiger partial charge in [0, 0.05) is 38.1 Å². The number of piperidine rings is 1. The van der Waals surface area contributed by atoms with E-state index in [1.165, 1.54) is 22.5 Å². The molecule has 0 bridgehead atoms. The van der Waals surface area contributed by atoms with Crippen molar-refractivity contribution in [3.05, 3.63) is 34.4 Å². The molecule has 2 saturated heterocycles.